The molecule has 0 aliphatic heterocycles. The highest BCUT2D eigenvalue weighted by molar-refractivity contribution is 5.78. The Balaban J connectivity index is 1.93. The quantitative estimate of drug-likeness (QED) is 0.842. The fourth-order valence-corrected chi connectivity index (χ4v) is 2.18. The maximum Gasteiger partial charge on any atom is 0.227 e. The topological polar surface area (TPSA) is 53.4 Å². The smallest absolute Gasteiger partial charge is 0.227 e. The molecule has 1 amide bonds. The third-order valence-electron chi connectivity index (χ3n) is 3.31. The molecular weight excluding hydrogens is 264 g/mol. The predicted octanol–water partition coefficient (Wildman–Crippen LogP) is 1.69. The third-order valence-corrected chi connectivity index (χ3v) is 3.31. The number of amides is 1. The molecular formula is C17H20N2O2. The van der Waals surface area contributed by atoms with Gasteiger partial charge in [0.05, 0.1) is 13.0 Å². The summed E-state index contributed by atoms with van der Waals surface area (Å²) in [6.07, 6.45) is 4.50. The molecule has 0 aliphatic rings. The van der Waals surface area contributed by atoms with Gasteiger partial charge in [0.15, 0.2) is 0 Å². The number of nitrogens with zero attached hydrogens (tertiary/aromatic N) is 2. The van der Waals surface area contributed by atoms with Gasteiger partial charge in [-0.1, -0.05) is 36.4 Å². The van der Waals surface area contributed by atoms with Crippen LogP contribution >= 0.6 is 0 Å². The minimum Gasteiger partial charge on any atom is -0.395 e. The molecule has 0 aliphatic carbocycles. The summed E-state index contributed by atoms with van der Waals surface area (Å²) in [6, 6.07) is 13.8. The fraction of sp³-hybridized carbons (Fsp3) is 0.294. The molecule has 2 aromatic rings. The van der Waals surface area contributed by atoms with Gasteiger partial charge in [0.25, 0.3) is 0 Å². The van der Waals surface area contributed by atoms with Gasteiger partial charge in [0.2, 0.25) is 5.91 Å². The molecule has 1 heterocycles. The largest absolute Gasteiger partial charge is 0.395 e. The number of rotatable bonds is 7. The highest BCUT2D eigenvalue weighted by Crippen LogP contribution is 2.05. The zero-order chi connectivity index (χ0) is 14.9. The Kier molecular flexibility index (Phi) is 5.91. The first kappa shape index (κ1) is 15.2. The Morgan fingerprint density at radius 2 is 1.81 bits per heavy atom. The van der Waals surface area contributed by atoms with Crippen LogP contribution in [-0.2, 0) is 17.6 Å². The normalized spacial score (nSPS) is 10.3. The average Bonchev–Trinajstić information content (AvgIpc) is 2.53. The minimum atomic E-state index is -0.0203. The van der Waals surface area contributed by atoms with Gasteiger partial charge < -0.3 is 10.0 Å². The Morgan fingerprint density at radius 3 is 2.48 bits per heavy atom. The first-order valence-electron chi connectivity index (χ1n) is 7.11. The molecule has 21 heavy (non-hydrogen) atoms. The van der Waals surface area contributed by atoms with Crippen molar-refractivity contribution in [1.29, 1.82) is 0 Å². The van der Waals surface area contributed by atoms with E-state index in [1.165, 1.54) is 5.56 Å². The van der Waals surface area contributed by atoms with Crippen LogP contribution in [0.4, 0.5) is 0 Å². The summed E-state index contributed by atoms with van der Waals surface area (Å²) in [5.41, 5.74) is 2.08. The number of aromatic nitrogens is 1. The molecule has 0 spiro atoms. The van der Waals surface area contributed by atoms with Crippen LogP contribution in [0.25, 0.3) is 0 Å². The highest BCUT2D eigenvalue weighted by atomic mass is 16.3. The molecule has 110 valence electrons. The summed E-state index contributed by atoms with van der Waals surface area (Å²) < 4.78 is 0. The molecule has 1 aromatic carbocycles. The number of hydrogen-bond donors (Lipinski definition) is 1. The minimum absolute atomic E-state index is 0.0203. The molecule has 0 atom stereocenters. The van der Waals surface area contributed by atoms with Crippen LogP contribution in [0, 0.1) is 0 Å². The van der Waals surface area contributed by atoms with Crippen molar-refractivity contribution in [3.8, 4) is 0 Å². The van der Waals surface area contributed by atoms with Crippen LogP contribution in [0.3, 0.4) is 0 Å². The number of aliphatic hydroxyl groups is 1. The van der Waals surface area contributed by atoms with Crippen molar-refractivity contribution in [2.75, 3.05) is 19.7 Å². The van der Waals surface area contributed by atoms with E-state index in [9.17, 15) is 4.79 Å². The van der Waals surface area contributed by atoms with Gasteiger partial charge in [-0.15, -0.1) is 0 Å². The first-order valence-corrected chi connectivity index (χ1v) is 7.11. The molecule has 0 saturated heterocycles. The maximum absolute atomic E-state index is 12.3. The Morgan fingerprint density at radius 1 is 1.05 bits per heavy atom. The molecule has 0 unspecified atom stereocenters. The van der Waals surface area contributed by atoms with E-state index in [-0.39, 0.29) is 12.5 Å². The number of benzene rings is 1. The van der Waals surface area contributed by atoms with E-state index in [0.717, 1.165) is 12.0 Å². The van der Waals surface area contributed by atoms with Crippen molar-refractivity contribution in [3.05, 3.63) is 66.0 Å². The number of carbonyl (C=O) groups excluding carboxylic acids is 1. The van der Waals surface area contributed by atoms with Gasteiger partial charge in [-0.25, -0.2) is 0 Å². The van der Waals surface area contributed by atoms with Gasteiger partial charge >= 0.3 is 0 Å². The van der Waals surface area contributed by atoms with E-state index >= 15 is 0 Å². The van der Waals surface area contributed by atoms with Crippen molar-refractivity contribution in [3.63, 3.8) is 0 Å². The van der Waals surface area contributed by atoms with Gasteiger partial charge in [-0.3, -0.25) is 9.78 Å². The SMILES string of the molecule is O=C(Cc1cccnc1)N(CCO)CCc1ccccc1. The van der Waals surface area contributed by atoms with Crippen molar-refractivity contribution < 1.29 is 9.90 Å². The molecule has 2 rings (SSSR count). The molecule has 0 bridgehead atoms. The van der Waals surface area contributed by atoms with Crippen LogP contribution in [0.15, 0.2) is 54.9 Å². The maximum atomic E-state index is 12.3. The summed E-state index contributed by atoms with van der Waals surface area (Å²) in [5, 5.41) is 9.14. The monoisotopic (exact) mass is 284 g/mol. The molecule has 4 heteroatoms. The van der Waals surface area contributed by atoms with E-state index in [1.54, 1.807) is 17.3 Å². The second kappa shape index (κ2) is 8.17. The Bertz CT molecular complexity index is 543. The van der Waals surface area contributed by atoms with E-state index in [1.807, 2.05) is 42.5 Å². The number of carbonyl (C=O) groups is 1. The lowest BCUT2D eigenvalue weighted by Gasteiger charge is -2.22. The lowest BCUT2D eigenvalue weighted by molar-refractivity contribution is -0.131. The van der Waals surface area contributed by atoms with Crippen LogP contribution in [0.5, 0.6) is 0 Å². The van der Waals surface area contributed by atoms with E-state index in [4.69, 9.17) is 5.11 Å². The lowest BCUT2D eigenvalue weighted by Crippen LogP contribution is -2.36. The van der Waals surface area contributed by atoms with Crippen LogP contribution < -0.4 is 0 Å². The van der Waals surface area contributed by atoms with Crippen molar-refractivity contribution in [2.45, 2.75) is 12.8 Å². The second-order valence-corrected chi connectivity index (χ2v) is 4.88. The number of hydrogen-bond acceptors (Lipinski definition) is 3. The average molecular weight is 284 g/mol. The first-order chi connectivity index (χ1) is 10.3. The van der Waals surface area contributed by atoms with Gasteiger partial charge in [-0.05, 0) is 23.6 Å². The molecule has 1 aromatic heterocycles. The zero-order valence-electron chi connectivity index (χ0n) is 12.0. The third kappa shape index (κ3) is 5.00. The highest BCUT2D eigenvalue weighted by Gasteiger charge is 2.13. The summed E-state index contributed by atoms with van der Waals surface area (Å²) in [5.74, 6) is 0.0213. The van der Waals surface area contributed by atoms with Gasteiger partial charge in [0.1, 0.15) is 0 Å². The van der Waals surface area contributed by atoms with Crippen molar-refractivity contribution >= 4 is 5.91 Å². The molecule has 0 saturated carbocycles. The van der Waals surface area contributed by atoms with Gasteiger partial charge in [0, 0.05) is 25.5 Å². The van der Waals surface area contributed by atoms with E-state index in [0.29, 0.717) is 19.5 Å². The van der Waals surface area contributed by atoms with Crippen molar-refractivity contribution in [1.82, 2.24) is 9.88 Å². The molecule has 1 N–H and O–H groups in total. The summed E-state index contributed by atoms with van der Waals surface area (Å²) in [6.45, 7) is 0.961. The van der Waals surface area contributed by atoms with E-state index in [2.05, 4.69) is 4.98 Å². The van der Waals surface area contributed by atoms with Crippen LogP contribution in [0.2, 0.25) is 0 Å². The number of pyridine rings is 1. The molecule has 4 nitrogen and oxygen atoms in total. The zero-order valence-corrected chi connectivity index (χ0v) is 12.0. The van der Waals surface area contributed by atoms with Crippen LogP contribution in [-0.4, -0.2) is 40.6 Å². The van der Waals surface area contributed by atoms with Crippen molar-refractivity contribution in [2.24, 2.45) is 0 Å². The summed E-state index contributed by atoms with van der Waals surface area (Å²) in [4.78, 5) is 18.0. The Hall–Kier alpha value is -2.20. The Labute approximate surface area is 125 Å². The number of aliphatic hydroxyl groups excluding tert-OH is 1. The second-order valence-electron chi connectivity index (χ2n) is 4.88. The lowest BCUT2D eigenvalue weighted by atomic mass is 10.1. The fourth-order valence-electron chi connectivity index (χ4n) is 2.18. The van der Waals surface area contributed by atoms with Gasteiger partial charge in [-0.2, -0.15) is 0 Å². The standard InChI is InChI=1S/C17H20N2O2/c20-12-11-19(10-8-15-5-2-1-3-6-15)17(21)13-16-7-4-9-18-14-16/h1-7,9,14,20H,8,10-13H2. The molecule has 0 radical (unpaired) electrons. The molecule has 0 fully saturated rings. The summed E-state index contributed by atoms with van der Waals surface area (Å²) in [7, 11) is 0. The van der Waals surface area contributed by atoms with Crippen LogP contribution in [0.1, 0.15) is 11.1 Å². The van der Waals surface area contributed by atoms with E-state index < -0.39 is 0 Å². The predicted molar refractivity (Wildman–Crippen MR) is 81.8 cm³/mol. The summed E-state index contributed by atoms with van der Waals surface area (Å²) >= 11 is 0.